The van der Waals surface area contributed by atoms with Gasteiger partial charge in [-0.1, -0.05) is 44.5 Å². The second-order valence-corrected chi connectivity index (χ2v) is 9.88. The van der Waals surface area contributed by atoms with Gasteiger partial charge in [0.1, 0.15) is 5.75 Å². The lowest BCUT2D eigenvalue weighted by Gasteiger charge is -2.26. The monoisotopic (exact) mass is 394 g/mol. The minimum absolute atomic E-state index is 0.0469. The van der Waals surface area contributed by atoms with Crippen molar-refractivity contribution in [3.05, 3.63) is 47.1 Å². The number of ether oxygens (including phenoxy) is 1. The highest BCUT2D eigenvalue weighted by Crippen LogP contribution is 2.30. The van der Waals surface area contributed by atoms with Crippen LogP contribution in [0.5, 0.6) is 5.75 Å². The lowest BCUT2D eigenvalue weighted by molar-refractivity contribution is 0.198. The molecule has 0 atom stereocenters. The molecule has 0 aliphatic carbocycles. The van der Waals surface area contributed by atoms with Crippen molar-refractivity contribution in [2.45, 2.75) is 27.2 Å². The first-order valence-corrected chi connectivity index (χ1v) is 10.5. The number of nitrogens with zero attached hydrogens (tertiary/aromatic N) is 2. The van der Waals surface area contributed by atoms with Crippen molar-refractivity contribution < 1.29 is 13.2 Å². The third kappa shape index (κ3) is 4.68. The van der Waals surface area contributed by atoms with Crippen molar-refractivity contribution in [2.24, 2.45) is 9.81 Å². The molecule has 0 radical (unpaired) electrons. The molecule has 7 heteroatoms. The number of halogens is 1. The number of allylic oxidation sites excluding steroid dienone is 2. The lowest BCUT2D eigenvalue weighted by Crippen LogP contribution is -2.29. The summed E-state index contributed by atoms with van der Waals surface area (Å²) in [6, 6.07) is 7.56. The molecular formula is C19H23ClN2O3S. The van der Waals surface area contributed by atoms with Crippen molar-refractivity contribution >= 4 is 33.0 Å². The van der Waals surface area contributed by atoms with E-state index in [1.54, 1.807) is 12.3 Å². The van der Waals surface area contributed by atoms with Crippen LogP contribution in [0.2, 0.25) is 0 Å². The van der Waals surface area contributed by atoms with Crippen LogP contribution in [0.25, 0.3) is 5.57 Å². The van der Waals surface area contributed by atoms with Gasteiger partial charge >= 0.3 is 0 Å². The standard InChI is InChI=1S/C19H23ClN2O3S/c1-19(2,3)13-25-16-7-5-14(6-8-16)17-11-15(20)12-22-9-4-10-26(23,24)21-18(17)22/h5-8,11-12H,4,9-10,13H2,1-3H3. The molecule has 5 nitrogen and oxygen atoms in total. The summed E-state index contributed by atoms with van der Waals surface area (Å²) >= 11 is 6.25. The largest absolute Gasteiger partial charge is 0.493 e. The summed E-state index contributed by atoms with van der Waals surface area (Å²) in [5.41, 5.74) is 1.62. The Bertz CT molecular complexity index is 878. The van der Waals surface area contributed by atoms with Gasteiger partial charge in [-0.15, -0.1) is 4.40 Å². The van der Waals surface area contributed by atoms with E-state index < -0.39 is 10.0 Å². The molecular weight excluding hydrogens is 372 g/mol. The zero-order chi connectivity index (χ0) is 18.9. The molecule has 2 aliphatic rings. The van der Waals surface area contributed by atoms with Gasteiger partial charge < -0.3 is 9.64 Å². The van der Waals surface area contributed by atoms with Crippen molar-refractivity contribution in [3.8, 4) is 5.75 Å². The topological polar surface area (TPSA) is 59.0 Å². The number of benzene rings is 1. The minimum atomic E-state index is -3.47. The molecule has 2 heterocycles. The summed E-state index contributed by atoms with van der Waals surface area (Å²) in [5.74, 6) is 1.25. The van der Waals surface area contributed by atoms with Gasteiger partial charge in [0.15, 0.2) is 5.84 Å². The van der Waals surface area contributed by atoms with Crippen LogP contribution in [0, 0.1) is 5.41 Å². The van der Waals surface area contributed by atoms with Crippen molar-refractivity contribution in [1.82, 2.24) is 4.90 Å². The maximum absolute atomic E-state index is 12.1. The molecule has 0 fully saturated rings. The molecule has 0 N–H and O–H groups in total. The van der Waals surface area contributed by atoms with Gasteiger partial charge in [-0.2, -0.15) is 0 Å². The molecule has 0 amide bonds. The number of hydrogen-bond donors (Lipinski definition) is 0. The highest BCUT2D eigenvalue weighted by atomic mass is 35.5. The summed E-state index contributed by atoms with van der Waals surface area (Å²) in [4.78, 5) is 1.81. The van der Waals surface area contributed by atoms with Crippen LogP contribution in [0.4, 0.5) is 0 Å². The van der Waals surface area contributed by atoms with E-state index in [1.807, 2.05) is 29.2 Å². The van der Waals surface area contributed by atoms with Crippen LogP contribution in [-0.4, -0.2) is 38.1 Å². The Morgan fingerprint density at radius 3 is 2.58 bits per heavy atom. The summed E-state index contributed by atoms with van der Waals surface area (Å²) in [7, 11) is -3.47. The quantitative estimate of drug-likeness (QED) is 0.776. The predicted octanol–water partition coefficient (Wildman–Crippen LogP) is 4.02. The molecule has 0 spiro atoms. The van der Waals surface area contributed by atoms with Gasteiger partial charge in [0.05, 0.1) is 17.4 Å². The van der Waals surface area contributed by atoms with Crippen molar-refractivity contribution in [2.75, 3.05) is 18.9 Å². The smallest absolute Gasteiger partial charge is 0.255 e. The number of fused-ring (bicyclic) bond motifs is 1. The molecule has 1 aromatic carbocycles. The molecule has 26 heavy (non-hydrogen) atoms. The third-order valence-electron chi connectivity index (χ3n) is 3.94. The molecule has 3 rings (SSSR count). The zero-order valence-electron chi connectivity index (χ0n) is 15.2. The molecule has 2 aliphatic heterocycles. The van der Waals surface area contributed by atoms with Crippen LogP contribution in [-0.2, 0) is 10.0 Å². The summed E-state index contributed by atoms with van der Waals surface area (Å²) in [6.45, 7) is 7.52. The average molecular weight is 395 g/mol. The molecule has 0 aromatic heterocycles. The van der Waals surface area contributed by atoms with Crippen LogP contribution in [0.15, 0.2) is 46.0 Å². The van der Waals surface area contributed by atoms with Gasteiger partial charge in [-0.05, 0) is 35.6 Å². The Labute approximate surface area is 160 Å². The molecule has 140 valence electrons. The minimum Gasteiger partial charge on any atom is -0.493 e. The first-order valence-electron chi connectivity index (χ1n) is 8.55. The predicted molar refractivity (Wildman–Crippen MR) is 106 cm³/mol. The molecule has 1 aromatic rings. The third-order valence-corrected chi connectivity index (χ3v) is 5.40. The fourth-order valence-corrected chi connectivity index (χ4v) is 3.99. The van der Waals surface area contributed by atoms with Gasteiger partial charge in [-0.25, -0.2) is 8.42 Å². The second kappa shape index (κ2) is 7.08. The Kier molecular flexibility index (Phi) is 5.17. The molecule has 0 saturated carbocycles. The van der Waals surface area contributed by atoms with E-state index in [-0.39, 0.29) is 11.2 Å². The van der Waals surface area contributed by atoms with E-state index in [0.29, 0.717) is 36.0 Å². The zero-order valence-corrected chi connectivity index (χ0v) is 16.8. The maximum Gasteiger partial charge on any atom is 0.255 e. The van der Waals surface area contributed by atoms with Crippen molar-refractivity contribution in [3.63, 3.8) is 0 Å². The highest BCUT2D eigenvalue weighted by Gasteiger charge is 2.27. The Hall–Kier alpha value is -1.79. The number of hydrogen-bond acceptors (Lipinski definition) is 4. The maximum atomic E-state index is 12.1. The normalized spacial score (nSPS) is 19.7. The van der Waals surface area contributed by atoms with E-state index >= 15 is 0 Å². The van der Waals surface area contributed by atoms with Gasteiger partial charge in [-0.3, -0.25) is 0 Å². The first kappa shape index (κ1) is 19.0. The van der Waals surface area contributed by atoms with E-state index in [0.717, 1.165) is 11.3 Å². The van der Waals surface area contributed by atoms with Crippen LogP contribution in [0.1, 0.15) is 32.8 Å². The van der Waals surface area contributed by atoms with Gasteiger partial charge in [0.2, 0.25) is 0 Å². The Morgan fingerprint density at radius 2 is 1.92 bits per heavy atom. The Morgan fingerprint density at radius 1 is 1.23 bits per heavy atom. The molecule has 0 saturated heterocycles. The van der Waals surface area contributed by atoms with Crippen molar-refractivity contribution in [1.29, 1.82) is 0 Å². The number of amidine groups is 1. The fourth-order valence-electron chi connectivity index (χ4n) is 2.71. The summed E-state index contributed by atoms with van der Waals surface area (Å²) in [5, 5.41) is 0.548. The summed E-state index contributed by atoms with van der Waals surface area (Å²) in [6.07, 6.45) is 4.00. The van der Waals surface area contributed by atoms with Crippen LogP contribution in [0.3, 0.4) is 0 Å². The first-order chi connectivity index (χ1) is 12.1. The second-order valence-electron chi connectivity index (χ2n) is 7.69. The average Bonchev–Trinajstić information content (AvgIpc) is 2.69. The fraction of sp³-hybridized carbons (Fsp3) is 0.421. The number of sulfonamides is 1. The van der Waals surface area contributed by atoms with Gasteiger partial charge in [0.25, 0.3) is 10.0 Å². The van der Waals surface area contributed by atoms with E-state index in [9.17, 15) is 8.42 Å². The SMILES string of the molecule is CC(C)(C)COc1ccc(C2=CC(Cl)=CN3CCCS(=O)(=O)N=C23)cc1. The van der Waals surface area contributed by atoms with Crippen LogP contribution < -0.4 is 4.74 Å². The highest BCUT2D eigenvalue weighted by molar-refractivity contribution is 7.90. The van der Waals surface area contributed by atoms with Crippen LogP contribution >= 0.6 is 11.6 Å². The molecule has 0 unspecified atom stereocenters. The Balaban J connectivity index is 1.91. The molecule has 0 bridgehead atoms. The number of rotatable bonds is 3. The van der Waals surface area contributed by atoms with E-state index in [4.69, 9.17) is 16.3 Å². The lowest BCUT2D eigenvalue weighted by atomic mass is 9.98. The van der Waals surface area contributed by atoms with E-state index in [2.05, 4.69) is 25.2 Å². The van der Waals surface area contributed by atoms with Gasteiger partial charge in [0, 0.05) is 18.3 Å². The summed E-state index contributed by atoms with van der Waals surface area (Å²) < 4.78 is 34.0. The van der Waals surface area contributed by atoms with E-state index in [1.165, 1.54) is 0 Å².